The molecule has 7 nitrogen and oxygen atoms in total. The van der Waals surface area contributed by atoms with Gasteiger partial charge in [-0.3, -0.25) is 19.8 Å². The maximum absolute atomic E-state index is 12.1. The van der Waals surface area contributed by atoms with Crippen molar-refractivity contribution in [3.05, 3.63) is 33.9 Å². The zero-order chi connectivity index (χ0) is 15.2. The molecule has 0 unspecified atom stereocenters. The molecule has 1 amide bonds. The van der Waals surface area contributed by atoms with E-state index in [9.17, 15) is 14.9 Å². The second-order valence-electron chi connectivity index (χ2n) is 5.18. The largest absolute Gasteiger partial charge is 0.325 e. The first-order valence-corrected chi connectivity index (χ1v) is 7.04. The Balaban J connectivity index is 1.94. The molecular weight excluding hydrogens is 272 g/mol. The molecule has 0 aliphatic carbocycles. The number of nitrogens with one attached hydrogen (secondary N) is 2. The molecule has 0 radical (unpaired) electrons. The summed E-state index contributed by atoms with van der Waals surface area (Å²) < 4.78 is 0. The van der Waals surface area contributed by atoms with Crippen molar-refractivity contribution < 1.29 is 9.72 Å². The zero-order valence-corrected chi connectivity index (χ0v) is 12.1. The number of amides is 1. The fraction of sp³-hybridized carbons (Fsp3) is 0.500. The van der Waals surface area contributed by atoms with Crippen molar-refractivity contribution in [3.63, 3.8) is 0 Å². The van der Waals surface area contributed by atoms with Gasteiger partial charge in [0.05, 0.1) is 11.5 Å². The van der Waals surface area contributed by atoms with E-state index in [0.717, 1.165) is 32.6 Å². The summed E-state index contributed by atoms with van der Waals surface area (Å²) in [5.41, 5.74) is 1.35. The SMILES string of the molecule is Cc1cc([N+](=O)[O-])ccc1NC(=O)CN1CCCNCC1. The van der Waals surface area contributed by atoms with Crippen molar-refractivity contribution in [1.82, 2.24) is 10.2 Å². The van der Waals surface area contributed by atoms with E-state index >= 15 is 0 Å². The number of nitro benzene ring substituents is 1. The highest BCUT2D eigenvalue weighted by Gasteiger charge is 2.14. The minimum atomic E-state index is -0.442. The normalized spacial score (nSPS) is 16.2. The van der Waals surface area contributed by atoms with Crippen LogP contribution >= 0.6 is 0 Å². The molecule has 0 aromatic heterocycles. The number of anilines is 1. The molecule has 2 rings (SSSR count). The monoisotopic (exact) mass is 292 g/mol. The topological polar surface area (TPSA) is 87.5 Å². The van der Waals surface area contributed by atoms with Gasteiger partial charge < -0.3 is 10.6 Å². The van der Waals surface area contributed by atoms with Crippen LogP contribution in [0.5, 0.6) is 0 Å². The summed E-state index contributed by atoms with van der Waals surface area (Å²) in [5.74, 6) is -0.0890. The van der Waals surface area contributed by atoms with E-state index in [1.165, 1.54) is 12.1 Å². The van der Waals surface area contributed by atoms with Crippen molar-refractivity contribution in [2.75, 3.05) is 38.0 Å². The van der Waals surface area contributed by atoms with Crippen molar-refractivity contribution in [2.45, 2.75) is 13.3 Å². The number of aryl methyl sites for hydroxylation is 1. The Labute approximate surface area is 123 Å². The van der Waals surface area contributed by atoms with Gasteiger partial charge in [-0.1, -0.05) is 0 Å². The van der Waals surface area contributed by atoms with Gasteiger partial charge in [0.2, 0.25) is 5.91 Å². The van der Waals surface area contributed by atoms with Gasteiger partial charge in [-0.15, -0.1) is 0 Å². The molecule has 0 saturated carbocycles. The quantitative estimate of drug-likeness (QED) is 0.642. The van der Waals surface area contributed by atoms with E-state index in [1.807, 2.05) is 0 Å². The molecule has 114 valence electrons. The van der Waals surface area contributed by atoms with Crippen LogP contribution in [0.15, 0.2) is 18.2 Å². The molecule has 0 bridgehead atoms. The van der Waals surface area contributed by atoms with E-state index in [1.54, 1.807) is 13.0 Å². The number of hydrogen-bond acceptors (Lipinski definition) is 5. The Hall–Kier alpha value is -1.99. The van der Waals surface area contributed by atoms with Crippen molar-refractivity contribution in [2.24, 2.45) is 0 Å². The van der Waals surface area contributed by atoms with Gasteiger partial charge in [0.25, 0.3) is 5.69 Å². The first kappa shape index (κ1) is 15.4. The van der Waals surface area contributed by atoms with Gasteiger partial charge in [0.15, 0.2) is 0 Å². The number of nitrogens with zero attached hydrogens (tertiary/aromatic N) is 2. The number of nitro groups is 1. The van der Waals surface area contributed by atoms with Crippen LogP contribution in [0.1, 0.15) is 12.0 Å². The lowest BCUT2D eigenvalue weighted by molar-refractivity contribution is -0.384. The van der Waals surface area contributed by atoms with Gasteiger partial charge in [-0.05, 0) is 38.1 Å². The molecular formula is C14H20N4O3. The van der Waals surface area contributed by atoms with Crippen LogP contribution in [0.25, 0.3) is 0 Å². The molecule has 2 N–H and O–H groups in total. The summed E-state index contributed by atoms with van der Waals surface area (Å²) in [4.78, 5) is 24.4. The van der Waals surface area contributed by atoms with Gasteiger partial charge in [-0.2, -0.15) is 0 Å². The van der Waals surface area contributed by atoms with Crippen LogP contribution in [0.4, 0.5) is 11.4 Å². The van der Waals surface area contributed by atoms with Gasteiger partial charge >= 0.3 is 0 Å². The summed E-state index contributed by atoms with van der Waals surface area (Å²) >= 11 is 0. The van der Waals surface area contributed by atoms with Crippen LogP contribution < -0.4 is 10.6 Å². The number of rotatable bonds is 4. The van der Waals surface area contributed by atoms with E-state index in [2.05, 4.69) is 15.5 Å². The highest BCUT2D eigenvalue weighted by Crippen LogP contribution is 2.21. The highest BCUT2D eigenvalue weighted by molar-refractivity contribution is 5.93. The molecule has 0 spiro atoms. The van der Waals surface area contributed by atoms with Crippen LogP contribution in [0.3, 0.4) is 0 Å². The predicted molar refractivity (Wildman–Crippen MR) is 80.4 cm³/mol. The average molecular weight is 292 g/mol. The zero-order valence-electron chi connectivity index (χ0n) is 12.1. The number of non-ortho nitro benzene ring substituents is 1. The van der Waals surface area contributed by atoms with Crippen LogP contribution in [0, 0.1) is 17.0 Å². The van der Waals surface area contributed by atoms with Crippen LogP contribution in [-0.2, 0) is 4.79 Å². The average Bonchev–Trinajstić information content (AvgIpc) is 2.69. The third kappa shape index (κ3) is 4.51. The first-order chi connectivity index (χ1) is 10.1. The molecule has 1 aliphatic rings. The number of carbonyl (C=O) groups excluding carboxylic acids is 1. The molecule has 1 saturated heterocycles. The fourth-order valence-corrected chi connectivity index (χ4v) is 2.35. The van der Waals surface area contributed by atoms with Gasteiger partial charge in [0.1, 0.15) is 0 Å². The lowest BCUT2D eigenvalue weighted by Gasteiger charge is -2.19. The molecule has 0 atom stereocenters. The van der Waals surface area contributed by atoms with Crippen molar-refractivity contribution in [3.8, 4) is 0 Å². The Bertz CT molecular complexity index is 525. The number of hydrogen-bond donors (Lipinski definition) is 2. The molecule has 1 aromatic carbocycles. The summed E-state index contributed by atoms with van der Waals surface area (Å²) in [5, 5.41) is 16.8. The molecule has 1 aromatic rings. The highest BCUT2D eigenvalue weighted by atomic mass is 16.6. The summed E-state index contributed by atoms with van der Waals surface area (Å²) in [6, 6.07) is 4.44. The second-order valence-corrected chi connectivity index (χ2v) is 5.18. The maximum atomic E-state index is 12.1. The number of carbonyl (C=O) groups is 1. The van der Waals surface area contributed by atoms with E-state index in [-0.39, 0.29) is 11.6 Å². The van der Waals surface area contributed by atoms with E-state index in [4.69, 9.17) is 0 Å². The third-order valence-corrected chi connectivity index (χ3v) is 3.49. The van der Waals surface area contributed by atoms with Crippen molar-refractivity contribution >= 4 is 17.3 Å². The Morgan fingerprint density at radius 2 is 2.24 bits per heavy atom. The van der Waals surface area contributed by atoms with Crippen LogP contribution in [-0.4, -0.2) is 48.5 Å². The summed E-state index contributed by atoms with van der Waals surface area (Å²) in [7, 11) is 0. The Morgan fingerprint density at radius 3 is 2.95 bits per heavy atom. The first-order valence-electron chi connectivity index (χ1n) is 7.04. The van der Waals surface area contributed by atoms with Crippen molar-refractivity contribution in [1.29, 1.82) is 0 Å². The lowest BCUT2D eigenvalue weighted by atomic mass is 10.2. The minimum Gasteiger partial charge on any atom is -0.325 e. The molecule has 1 fully saturated rings. The predicted octanol–water partition coefficient (Wildman–Crippen LogP) is 1.14. The Kier molecular flexibility index (Phi) is 5.24. The molecule has 1 aliphatic heterocycles. The lowest BCUT2D eigenvalue weighted by Crippen LogP contribution is -2.35. The smallest absolute Gasteiger partial charge is 0.269 e. The maximum Gasteiger partial charge on any atom is 0.269 e. The second kappa shape index (κ2) is 7.14. The minimum absolute atomic E-state index is 0.0316. The summed E-state index contributed by atoms with van der Waals surface area (Å²) in [6.07, 6.45) is 1.03. The van der Waals surface area contributed by atoms with E-state index in [0.29, 0.717) is 17.8 Å². The van der Waals surface area contributed by atoms with Gasteiger partial charge in [-0.25, -0.2) is 0 Å². The standard InChI is InChI=1S/C14H20N4O3/c1-11-9-12(18(20)21)3-4-13(11)16-14(19)10-17-7-2-5-15-6-8-17/h3-4,9,15H,2,5-8,10H2,1H3,(H,16,19). The molecule has 7 heteroatoms. The molecule has 1 heterocycles. The Morgan fingerprint density at radius 1 is 1.43 bits per heavy atom. The van der Waals surface area contributed by atoms with Gasteiger partial charge in [0, 0.05) is 30.9 Å². The number of benzene rings is 1. The third-order valence-electron chi connectivity index (χ3n) is 3.49. The van der Waals surface area contributed by atoms with E-state index < -0.39 is 4.92 Å². The molecule has 21 heavy (non-hydrogen) atoms. The summed E-state index contributed by atoms with van der Waals surface area (Å²) in [6.45, 7) is 5.73. The van der Waals surface area contributed by atoms with Crippen LogP contribution in [0.2, 0.25) is 0 Å². The fourth-order valence-electron chi connectivity index (χ4n) is 2.35.